The number of para-hydroxylation sites is 2. The van der Waals surface area contributed by atoms with E-state index in [-0.39, 0.29) is 27.8 Å². The molecule has 2 unspecified atom stereocenters. The minimum Gasteiger partial charge on any atom is -0.319 e. The molecule has 1 amide bonds. The van der Waals surface area contributed by atoms with Crippen LogP contribution in [0.15, 0.2) is 48.5 Å². The summed E-state index contributed by atoms with van der Waals surface area (Å²) in [4.78, 5) is 23.1. The molecule has 0 bridgehead atoms. The van der Waals surface area contributed by atoms with E-state index in [0.717, 1.165) is 19.3 Å². The third-order valence-electron chi connectivity index (χ3n) is 4.41. The highest BCUT2D eigenvalue weighted by Crippen LogP contribution is 2.41. The van der Waals surface area contributed by atoms with Crippen molar-refractivity contribution in [3.05, 3.63) is 69.8 Å². The second kappa shape index (κ2) is 7.70. The van der Waals surface area contributed by atoms with Gasteiger partial charge in [0.1, 0.15) is 5.69 Å². The lowest BCUT2D eigenvalue weighted by molar-refractivity contribution is -0.383. The maximum absolute atomic E-state index is 12.5. The number of thioether (sulfide) groups is 1. The lowest BCUT2D eigenvalue weighted by Crippen LogP contribution is -2.24. The standard InChI is InChI=1S/C19H20N2O3S/c1-13(19(22)20-16-10-4-5-11-17(16)21(23)24)25-18-12-6-8-14-7-2-3-9-15(14)18/h2-5,7,9-11,13,18H,6,8,12H2,1H3,(H,20,22). The molecular formula is C19H20N2O3S. The van der Waals surface area contributed by atoms with Gasteiger partial charge >= 0.3 is 0 Å². The summed E-state index contributed by atoms with van der Waals surface area (Å²) in [6.07, 6.45) is 3.25. The molecule has 0 fully saturated rings. The number of nitrogens with one attached hydrogen (secondary N) is 1. The van der Waals surface area contributed by atoms with Crippen LogP contribution in [0.1, 0.15) is 36.1 Å². The maximum Gasteiger partial charge on any atom is 0.292 e. The smallest absolute Gasteiger partial charge is 0.292 e. The second-order valence-corrected chi connectivity index (χ2v) is 7.67. The summed E-state index contributed by atoms with van der Waals surface area (Å²) in [6.45, 7) is 1.85. The van der Waals surface area contributed by atoms with E-state index in [9.17, 15) is 14.9 Å². The second-order valence-electron chi connectivity index (χ2n) is 6.12. The average molecular weight is 356 g/mol. The minimum absolute atomic E-state index is 0.0870. The largest absolute Gasteiger partial charge is 0.319 e. The van der Waals surface area contributed by atoms with Gasteiger partial charge in [-0.05, 0) is 43.4 Å². The molecule has 5 nitrogen and oxygen atoms in total. The summed E-state index contributed by atoms with van der Waals surface area (Å²) < 4.78 is 0. The molecule has 6 heteroatoms. The number of anilines is 1. The van der Waals surface area contributed by atoms with Gasteiger partial charge in [-0.2, -0.15) is 0 Å². The van der Waals surface area contributed by atoms with Crippen LogP contribution in [0.25, 0.3) is 0 Å². The molecule has 1 aliphatic rings. The van der Waals surface area contributed by atoms with Crippen molar-refractivity contribution in [1.82, 2.24) is 0 Å². The first-order valence-corrected chi connectivity index (χ1v) is 9.28. The molecule has 1 aliphatic carbocycles. The first kappa shape index (κ1) is 17.5. The van der Waals surface area contributed by atoms with Gasteiger partial charge in [0, 0.05) is 11.3 Å². The highest BCUT2D eigenvalue weighted by molar-refractivity contribution is 8.00. The Morgan fingerprint density at radius 2 is 1.96 bits per heavy atom. The van der Waals surface area contributed by atoms with Gasteiger partial charge in [0.25, 0.3) is 5.69 Å². The monoisotopic (exact) mass is 356 g/mol. The van der Waals surface area contributed by atoms with E-state index in [4.69, 9.17) is 0 Å². The summed E-state index contributed by atoms with van der Waals surface area (Å²) in [5, 5.41) is 13.8. The Balaban J connectivity index is 1.69. The Morgan fingerprint density at radius 1 is 1.24 bits per heavy atom. The van der Waals surface area contributed by atoms with E-state index in [0.29, 0.717) is 0 Å². The molecular weight excluding hydrogens is 336 g/mol. The molecule has 0 aromatic heterocycles. The Kier molecular flexibility index (Phi) is 5.38. The van der Waals surface area contributed by atoms with Gasteiger partial charge in [0.15, 0.2) is 0 Å². The molecule has 3 rings (SSSR count). The lowest BCUT2D eigenvalue weighted by atomic mass is 9.91. The summed E-state index contributed by atoms with van der Waals surface area (Å²) in [7, 11) is 0. The zero-order valence-corrected chi connectivity index (χ0v) is 14.8. The van der Waals surface area contributed by atoms with Crippen molar-refractivity contribution >= 4 is 29.0 Å². The summed E-state index contributed by atoms with van der Waals surface area (Å²) in [5.74, 6) is -0.206. The number of benzene rings is 2. The van der Waals surface area contributed by atoms with Gasteiger partial charge in [-0.25, -0.2) is 0 Å². The molecule has 0 saturated heterocycles. The van der Waals surface area contributed by atoms with E-state index in [2.05, 4.69) is 23.5 Å². The number of carbonyl (C=O) groups excluding carboxylic acids is 1. The van der Waals surface area contributed by atoms with Crippen LogP contribution in [0.4, 0.5) is 11.4 Å². The third-order valence-corrected chi connectivity index (χ3v) is 5.85. The predicted molar refractivity (Wildman–Crippen MR) is 101 cm³/mol. The number of rotatable bonds is 5. The quantitative estimate of drug-likeness (QED) is 0.621. The van der Waals surface area contributed by atoms with Gasteiger partial charge in [0.05, 0.1) is 10.2 Å². The lowest BCUT2D eigenvalue weighted by Gasteiger charge is -2.27. The maximum atomic E-state index is 12.5. The fraction of sp³-hybridized carbons (Fsp3) is 0.316. The van der Waals surface area contributed by atoms with Gasteiger partial charge in [-0.1, -0.05) is 36.4 Å². The van der Waals surface area contributed by atoms with Crippen molar-refractivity contribution in [2.45, 2.75) is 36.7 Å². The Bertz CT molecular complexity index is 794. The highest BCUT2D eigenvalue weighted by Gasteiger charge is 2.26. The Morgan fingerprint density at radius 3 is 2.76 bits per heavy atom. The normalized spacial score (nSPS) is 17.4. The van der Waals surface area contributed by atoms with Crippen LogP contribution in [0.3, 0.4) is 0 Å². The van der Waals surface area contributed by atoms with E-state index >= 15 is 0 Å². The van der Waals surface area contributed by atoms with E-state index in [1.165, 1.54) is 17.2 Å². The van der Waals surface area contributed by atoms with Crippen molar-refractivity contribution in [3.8, 4) is 0 Å². The number of amides is 1. The molecule has 2 atom stereocenters. The molecule has 2 aromatic carbocycles. The molecule has 0 aliphatic heterocycles. The number of nitro groups is 1. The number of aryl methyl sites for hydroxylation is 1. The minimum atomic E-state index is -0.481. The van der Waals surface area contributed by atoms with Crippen LogP contribution < -0.4 is 5.32 Å². The number of hydrogen-bond acceptors (Lipinski definition) is 4. The zero-order chi connectivity index (χ0) is 17.8. The highest BCUT2D eigenvalue weighted by atomic mass is 32.2. The number of hydrogen-bond donors (Lipinski definition) is 1. The van der Waals surface area contributed by atoms with Crippen LogP contribution in [0, 0.1) is 10.1 Å². The van der Waals surface area contributed by atoms with Gasteiger partial charge in [-0.3, -0.25) is 14.9 Å². The zero-order valence-electron chi connectivity index (χ0n) is 14.0. The first-order valence-electron chi connectivity index (χ1n) is 8.34. The van der Waals surface area contributed by atoms with Crippen molar-refractivity contribution in [3.63, 3.8) is 0 Å². The van der Waals surface area contributed by atoms with E-state index in [1.807, 2.05) is 13.0 Å². The van der Waals surface area contributed by atoms with Crippen LogP contribution >= 0.6 is 11.8 Å². The van der Waals surface area contributed by atoms with Gasteiger partial charge in [-0.15, -0.1) is 11.8 Å². The van der Waals surface area contributed by atoms with E-state index in [1.54, 1.807) is 30.0 Å². The molecule has 25 heavy (non-hydrogen) atoms. The molecule has 1 N–H and O–H groups in total. The molecule has 130 valence electrons. The number of nitro benzene ring substituents is 1. The summed E-state index contributed by atoms with van der Waals surface area (Å²) in [6, 6.07) is 14.6. The van der Waals surface area contributed by atoms with Crippen LogP contribution in [0.5, 0.6) is 0 Å². The topological polar surface area (TPSA) is 72.2 Å². The van der Waals surface area contributed by atoms with Crippen molar-refractivity contribution < 1.29 is 9.72 Å². The third kappa shape index (κ3) is 4.02. The first-order chi connectivity index (χ1) is 12.1. The number of fused-ring (bicyclic) bond motifs is 1. The van der Waals surface area contributed by atoms with Crippen molar-refractivity contribution in [2.75, 3.05) is 5.32 Å². The van der Waals surface area contributed by atoms with Crippen molar-refractivity contribution in [1.29, 1.82) is 0 Å². The van der Waals surface area contributed by atoms with Crippen molar-refractivity contribution in [2.24, 2.45) is 0 Å². The fourth-order valence-corrected chi connectivity index (χ4v) is 4.49. The SMILES string of the molecule is CC(SC1CCCc2ccccc21)C(=O)Nc1ccccc1[N+](=O)[O-]. The number of carbonyl (C=O) groups is 1. The fourth-order valence-electron chi connectivity index (χ4n) is 3.13. The number of nitrogens with zero attached hydrogens (tertiary/aromatic N) is 1. The molecule has 0 saturated carbocycles. The Labute approximate surface area is 151 Å². The van der Waals surface area contributed by atoms with Gasteiger partial charge < -0.3 is 5.32 Å². The molecule has 0 radical (unpaired) electrons. The predicted octanol–water partition coefficient (Wildman–Crippen LogP) is 4.73. The van der Waals surface area contributed by atoms with Crippen LogP contribution in [0.2, 0.25) is 0 Å². The van der Waals surface area contributed by atoms with E-state index < -0.39 is 4.92 Å². The van der Waals surface area contributed by atoms with Gasteiger partial charge in [0.2, 0.25) is 5.91 Å². The average Bonchev–Trinajstić information content (AvgIpc) is 2.62. The molecule has 2 aromatic rings. The van der Waals surface area contributed by atoms with Crippen LogP contribution in [-0.2, 0) is 11.2 Å². The summed E-state index contributed by atoms with van der Waals surface area (Å²) >= 11 is 1.62. The van der Waals surface area contributed by atoms with Crippen LogP contribution in [-0.4, -0.2) is 16.1 Å². The molecule has 0 heterocycles. The Hall–Kier alpha value is -2.34. The summed E-state index contributed by atoms with van der Waals surface area (Å²) in [5.41, 5.74) is 2.83. The molecule has 0 spiro atoms.